The number of carboxylic acid groups (broad SMARTS) is 2. The first-order valence-electron chi connectivity index (χ1n) is 22.1. The maximum Gasteiger partial charge on any atom is 1.00 e. The van der Waals surface area contributed by atoms with E-state index in [0.717, 1.165) is 62.4 Å². The third-order valence-electron chi connectivity index (χ3n) is 10.6. The molecule has 0 spiro atoms. The molecule has 6 aromatic rings. The third kappa shape index (κ3) is 20.0. The zero-order valence-corrected chi connectivity index (χ0v) is 54.4. The quantitative estimate of drug-likeness (QED) is 0.00800. The fraction of sp³-hybridized carbons (Fsp3) is 0.0800. The summed E-state index contributed by atoms with van der Waals surface area (Å²) in [4.78, 5) is 57.7. The number of anilines is 4. The molecule has 2 amide bonds. The van der Waals surface area contributed by atoms with Gasteiger partial charge in [0.2, 0.25) is 0 Å². The van der Waals surface area contributed by atoms with Gasteiger partial charge in [-0.25, -0.2) is 0 Å². The van der Waals surface area contributed by atoms with Crippen molar-refractivity contribution in [2.45, 2.75) is 37.5 Å². The molecule has 0 aliphatic carbocycles. The maximum atomic E-state index is 13.4. The molecule has 6 aromatic carbocycles. The molecule has 0 radical (unpaired) electrons. The number of carboxylic acids is 2. The summed E-state index contributed by atoms with van der Waals surface area (Å²) in [5.41, 5.74) is -0.313. The number of hydrogen-bond donors (Lipinski definition) is 8. The Balaban J connectivity index is 0.00000574. The molecule has 0 aliphatic heterocycles. The van der Waals surface area contributed by atoms with Crippen LogP contribution in [-0.2, 0) is 29.8 Å². The van der Waals surface area contributed by atoms with Crippen LogP contribution in [0.3, 0.4) is 0 Å². The number of nitrogens with zero attached hydrogens (tertiary/aromatic N) is 6. The van der Waals surface area contributed by atoms with E-state index in [1.165, 1.54) is 36.4 Å². The molecule has 0 bridgehead atoms. The number of aliphatic hydroxyl groups is 2. The van der Waals surface area contributed by atoms with Crippen molar-refractivity contribution in [3.05, 3.63) is 166 Å². The fourth-order valence-electron chi connectivity index (χ4n) is 6.76. The van der Waals surface area contributed by atoms with Crippen LogP contribution in [0.25, 0.3) is 11.1 Å². The van der Waals surface area contributed by atoms with E-state index in [4.69, 9.17) is 9.11 Å². The number of rotatable bonds is 17. The number of amidine groups is 2. The van der Waals surface area contributed by atoms with Gasteiger partial charge in [0.05, 0.1) is 44.5 Å². The van der Waals surface area contributed by atoms with Crippen LogP contribution in [0.4, 0.5) is 45.5 Å². The van der Waals surface area contributed by atoms with Crippen molar-refractivity contribution >= 4 is 102 Å². The molecule has 0 unspecified atom stereocenters. The number of nitrogens with one attached hydrogen (secondary N) is 4. The van der Waals surface area contributed by atoms with Crippen molar-refractivity contribution in [2.75, 3.05) is 21.3 Å². The number of aryl methyl sites for hydroxylation is 2. The summed E-state index contributed by atoms with van der Waals surface area (Å²) >= 11 is 0. The van der Waals surface area contributed by atoms with E-state index in [-0.39, 0.29) is 164 Å². The minimum atomic E-state index is -4.46. The summed E-state index contributed by atoms with van der Waals surface area (Å²) in [6, 6.07) is 24.0. The molecule has 402 valence electrons. The van der Waals surface area contributed by atoms with Crippen LogP contribution in [-0.4, -0.2) is 72.0 Å². The topological polar surface area (TPSA) is 432 Å². The van der Waals surface area contributed by atoms with Gasteiger partial charge >= 0.3 is 118 Å². The Morgan fingerprint density at radius 3 is 1.07 bits per heavy atom. The van der Waals surface area contributed by atoms with Gasteiger partial charge in [-0.15, -0.1) is 32.0 Å². The molecular formula is C50H40N10Na4O16S2. The van der Waals surface area contributed by atoms with Crippen molar-refractivity contribution in [1.82, 2.24) is 0 Å². The molecule has 82 heavy (non-hydrogen) atoms. The second kappa shape index (κ2) is 31.5. The Bertz CT molecular complexity index is 3590. The number of aromatic carboxylic acids is 2. The molecule has 6 rings (SSSR count). The van der Waals surface area contributed by atoms with Gasteiger partial charge in [0.25, 0.3) is 44.1 Å². The first-order valence-corrected chi connectivity index (χ1v) is 24.9. The first-order chi connectivity index (χ1) is 36.7. The number of carbonyl (C=O) groups excluding carboxylic acids is 4. The molecule has 8 N–H and O–H groups in total. The van der Waals surface area contributed by atoms with E-state index in [9.17, 15) is 66.7 Å². The normalized spacial score (nSPS) is 12.3. The van der Waals surface area contributed by atoms with Gasteiger partial charge in [0.15, 0.2) is 0 Å². The van der Waals surface area contributed by atoms with Crippen LogP contribution in [0, 0.1) is 13.8 Å². The van der Waals surface area contributed by atoms with E-state index in [2.05, 4.69) is 51.7 Å². The van der Waals surface area contributed by atoms with Crippen molar-refractivity contribution in [3.8, 4) is 11.1 Å². The van der Waals surface area contributed by atoms with E-state index in [0.29, 0.717) is 22.3 Å². The Labute approximate surface area is 556 Å². The first kappa shape index (κ1) is 71.9. The summed E-state index contributed by atoms with van der Waals surface area (Å²) in [6.45, 7) is 5.40. The molecule has 0 saturated carbocycles. The second-order valence-electron chi connectivity index (χ2n) is 16.3. The van der Waals surface area contributed by atoms with E-state index >= 15 is 0 Å². The zero-order chi connectivity index (χ0) is 57.2. The Morgan fingerprint density at radius 1 is 0.463 bits per heavy atom. The van der Waals surface area contributed by atoms with Gasteiger partial charge in [-0.2, -0.15) is 26.8 Å². The summed E-state index contributed by atoms with van der Waals surface area (Å²) in [5.74, 6) is -7.12. The molecule has 0 aliphatic rings. The number of amides is 2. The molecular weight excluding hydrogens is 1150 g/mol. The molecule has 32 heteroatoms. The summed E-state index contributed by atoms with van der Waals surface area (Å²) < 4.78 is 63.4. The number of allylic oxidation sites excluding steroid dienone is 2. The van der Waals surface area contributed by atoms with Crippen molar-refractivity contribution < 1.29 is 194 Å². The smallest absolute Gasteiger partial charge is 0.874 e. The minimum Gasteiger partial charge on any atom is -0.874 e. The maximum absolute atomic E-state index is 13.4. The average Bonchev–Trinajstić information content (AvgIpc) is 3.35. The van der Waals surface area contributed by atoms with Gasteiger partial charge in [-0.05, 0) is 145 Å². The molecule has 26 nitrogen and oxygen atoms in total. The Hall–Kier alpha value is -6.16. The number of aliphatic imine (C=N–C) groups is 2. The van der Waals surface area contributed by atoms with E-state index in [1.807, 2.05) is 0 Å². The zero-order valence-electron chi connectivity index (χ0n) is 44.7. The number of benzene rings is 6. The number of azo groups is 2. The molecule has 0 fully saturated rings. The van der Waals surface area contributed by atoms with Gasteiger partial charge in [-0.1, -0.05) is 26.0 Å². The van der Waals surface area contributed by atoms with Gasteiger partial charge in [0, 0.05) is 33.9 Å². The molecule has 0 aromatic heterocycles. The largest absolute Gasteiger partial charge is 1.00 e. The standard InChI is InChI=1S/C50H44N10O16S2.4Na/c1-25-21-29(5-17-39(25)55-45(63)43(27(3)61)59-57-41-19-11-33(23-37(41)47(65)66)53-49(69)51-31-7-13-35(14-8-31)77(71,72)73)30-6-18-40(26(2)22-30)56-46(64)44(28(4)62)60-58-42-20-12-34(24-38(42)48(67)68)54-50(70)52-32-9-15-36(16-10-32)78(74,75)76;;;;/h5-24,61-62H,1-4H3,(H,55,63)(H,56,64)(H,65,66)(H,67,68)(H2,51,53,69)(H2,52,54,70)(H,71,72,73)(H,74,75,76);;;;/q;4*+1/p-4/b43-27-,44-28+,59-57?,60-58?;;;;. The minimum absolute atomic E-state index is 0. The van der Waals surface area contributed by atoms with Gasteiger partial charge in [0.1, 0.15) is 11.4 Å². The van der Waals surface area contributed by atoms with Crippen molar-refractivity contribution in [1.29, 1.82) is 0 Å². The predicted octanol–water partition coefficient (Wildman–Crippen LogP) is -6.85. The number of aliphatic hydroxyl groups excluding tert-OH is 2. The van der Waals surface area contributed by atoms with Crippen molar-refractivity contribution in [3.63, 3.8) is 0 Å². The molecule has 0 atom stereocenters. The van der Waals surface area contributed by atoms with Crippen LogP contribution >= 0.6 is 0 Å². The molecule has 0 heterocycles. The Kier molecular flexibility index (Phi) is 27.6. The average molecular weight is 1190 g/mol. The van der Waals surface area contributed by atoms with Crippen LogP contribution in [0.5, 0.6) is 0 Å². The van der Waals surface area contributed by atoms with E-state index in [1.54, 1.807) is 50.2 Å². The second-order valence-corrected chi connectivity index (χ2v) is 19.1. The fourth-order valence-corrected chi connectivity index (χ4v) is 7.72. The summed E-state index contributed by atoms with van der Waals surface area (Å²) in [5, 5.41) is 95.0. The van der Waals surface area contributed by atoms with Gasteiger partial charge < -0.3 is 61.5 Å². The third-order valence-corrected chi connectivity index (χ3v) is 12.3. The predicted molar refractivity (Wildman–Crippen MR) is 274 cm³/mol. The van der Waals surface area contributed by atoms with E-state index < -0.39 is 99.9 Å². The number of carbonyl (C=O) groups is 4. The van der Waals surface area contributed by atoms with Crippen LogP contribution in [0.2, 0.25) is 0 Å². The van der Waals surface area contributed by atoms with Crippen LogP contribution in [0.1, 0.15) is 45.7 Å². The van der Waals surface area contributed by atoms with Crippen LogP contribution in [0.15, 0.2) is 184 Å². The molecule has 0 saturated heterocycles. The van der Waals surface area contributed by atoms with Crippen molar-refractivity contribution in [2.24, 2.45) is 30.4 Å². The van der Waals surface area contributed by atoms with Gasteiger partial charge in [-0.3, -0.25) is 18.7 Å². The Morgan fingerprint density at radius 2 is 0.793 bits per heavy atom. The monoisotopic (exact) mass is 1190 g/mol. The summed E-state index contributed by atoms with van der Waals surface area (Å²) in [7, 11) is -8.93. The number of hydrogen-bond acceptors (Lipinski definition) is 18. The summed E-state index contributed by atoms with van der Waals surface area (Å²) in [6.07, 6.45) is 0. The van der Waals surface area contributed by atoms with Crippen LogP contribution < -0.4 is 160 Å². The SMILES string of the molecule is C/C([O-])=C(/N=Nc1ccc(N=C(O)Nc2ccc(S(=O)(=O)O)cc2)cc1C(=O)[O-])C(=O)Nc1ccc(-c2ccc(NC(=O)/C(N=Nc3ccc(N=C(O)Nc4ccc(S(=O)(=O)O)cc4)cc3C(=O)[O-])=C(/C)[O-])c(C)c2)cc1C.[Na+].[Na+].[Na+].[Na+].